The third-order valence-corrected chi connectivity index (χ3v) is 3.34. The molecule has 0 fully saturated rings. The van der Waals surface area contributed by atoms with E-state index in [0.29, 0.717) is 5.75 Å². The molecule has 0 saturated heterocycles. The lowest BCUT2D eigenvalue weighted by Crippen LogP contribution is -1.95. The third kappa shape index (κ3) is 1.57. The highest BCUT2D eigenvalue weighted by Crippen LogP contribution is 2.37. The molecule has 1 N–H and O–H groups in total. The van der Waals surface area contributed by atoms with E-state index in [1.807, 2.05) is 25.1 Å². The van der Waals surface area contributed by atoms with Gasteiger partial charge in [-0.2, -0.15) is 0 Å². The van der Waals surface area contributed by atoms with E-state index in [1.165, 1.54) is 18.4 Å². The van der Waals surface area contributed by atoms with Gasteiger partial charge in [0.15, 0.2) is 10.6 Å². The van der Waals surface area contributed by atoms with Gasteiger partial charge in [-0.15, -0.1) is 11.3 Å². The van der Waals surface area contributed by atoms with Crippen LogP contribution in [0.5, 0.6) is 5.75 Å². The summed E-state index contributed by atoms with van der Waals surface area (Å²) < 4.78 is 6.08. The Kier molecular flexibility index (Phi) is 2.36. The Balaban J connectivity index is 2.79. The zero-order valence-corrected chi connectivity index (χ0v) is 9.22. The maximum absolute atomic E-state index is 11.0. The summed E-state index contributed by atoms with van der Waals surface area (Å²) in [5.41, 5.74) is 1.09. The first kappa shape index (κ1) is 9.98. The molecule has 4 heteroatoms. The van der Waals surface area contributed by atoms with Gasteiger partial charge in [-0.05, 0) is 19.1 Å². The van der Waals surface area contributed by atoms with Crippen LogP contribution in [0.25, 0.3) is 10.1 Å². The predicted molar refractivity (Wildman–Crippen MR) is 60.1 cm³/mol. The molecule has 0 bridgehead atoms. The Bertz CT molecular complexity index is 528. The maximum atomic E-state index is 11.0. The molecule has 1 heterocycles. The van der Waals surface area contributed by atoms with Crippen molar-refractivity contribution in [2.24, 2.45) is 0 Å². The normalized spacial score (nSPS) is 10.5. The van der Waals surface area contributed by atoms with Crippen molar-refractivity contribution in [3.8, 4) is 5.75 Å². The van der Waals surface area contributed by atoms with Crippen molar-refractivity contribution in [1.82, 2.24) is 0 Å². The fourth-order valence-electron chi connectivity index (χ4n) is 1.53. The lowest BCUT2D eigenvalue weighted by molar-refractivity contribution is 0.0699. The van der Waals surface area contributed by atoms with Gasteiger partial charge in [0.1, 0.15) is 0 Å². The smallest absolute Gasteiger partial charge is 0.349 e. The maximum Gasteiger partial charge on any atom is 0.349 e. The predicted octanol–water partition coefficient (Wildman–Crippen LogP) is 2.92. The highest BCUT2D eigenvalue weighted by molar-refractivity contribution is 7.21. The van der Waals surface area contributed by atoms with E-state index < -0.39 is 5.97 Å². The van der Waals surface area contributed by atoms with Crippen LogP contribution in [-0.4, -0.2) is 18.2 Å². The zero-order chi connectivity index (χ0) is 11.0. The van der Waals surface area contributed by atoms with Gasteiger partial charge in [0, 0.05) is 10.1 Å². The van der Waals surface area contributed by atoms with Crippen LogP contribution >= 0.6 is 11.3 Å². The van der Waals surface area contributed by atoms with Crippen molar-refractivity contribution in [1.29, 1.82) is 0 Å². The zero-order valence-electron chi connectivity index (χ0n) is 8.40. The first-order chi connectivity index (χ1) is 7.13. The molecule has 1 aromatic heterocycles. The van der Waals surface area contributed by atoms with E-state index in [0.717, 1.165) is 15.6 Å². The summed E-state index contributed by atoms with van der Waals surface area (Å²) in [4.78, 5) is 11.2. The Morgan fingerprint density at radius 3 is 2.80 bits per heavy atom. The first-order valence-electron chi connectivity index (χ1n) is 4.44. The number of carbonyl (C=O) groups is 1. The van der Waals surface area contributed by atoms with Crippen molar-refractivity contribution in [3.63, 3.8) is 0 Å². The van der Waals surface area contributed by atoms with Gasteiger partial charge in [0.2, 0.25) is 0 Å². The SMILES string of the molecule is COc1c(C(=O)O)sc2ccc(C)cc12. The molecule has 0 aliphatic carbocycles. The highest BCUT2D eigenvalue weighted by Gasteiger charge is 2.18. The van der Waals surface area contributed by atoms with Crippen LogP contribution in [-0.2, 0) is 0 Å². The average Bonchev–Trinajstić information content (AvgIpc) is 2.55. The molecular formula is C11H10O3S. The summed E-state index contributed by atoms with van der Waals surface area (Å²) in [7, 11) is 1.50. The minimum atomic E-state index is -0.939. The van der Waals surface area contributed by atoms with Crippen molar-refractivity contribution >= 4 is 27.4 Å². The monoisotopic (exact) mass is 222 g/mol. The molecule has 0 spiro atoms. The number of methoxy groups -OCH3 is 1. The highest BCUT2D eigenvalue weighted by atomic mass is 32.1. The number of thiophene rings is 1. The van der Waals surface area contributed by atoms with E-state index in [-0.39, 0.29) is 4.88 Å². The van der Waals surface area contributed by atoms with Gasteiger partial charge < -0.3 is 9.84 Å². The minimum Gasteiger partial charge on any atom is -0.494 e. The molecular weight excluding hydrogens is 212 g/mol. The van der Waals surface area contributed by atoms with Gasteiger partial charge >= 0.3 is 5.97 Å². The minimum absolute atomic E-state index is 0.262. The van der Waals surface area contributed by atoms with Crippen LogP contribution in [0.3, 0.4) is 0 Å². The van der Waals surface area contributed by atoms with Crippen LogP contribution in [0.2, 0.25) is 0 Å². The molecule has 0 amide bonds. The summed E-state index contributed by atoms with van der Waals surface area (Å²) in [6, 6.07) is 5.82. The van der Waals surface area contributed by atoms with Crippen molar-refractivity contribution in [3.05, 3.63) is 28.6 Å². The Labute approximate surface area is 90.9 Å². The number of carboxylic acids is 1. The molecule has 0 unspecified atom stereocenters. The summed E-state index contributed by atoms with van der Waals surface area (Å²) in [5, 5.41) is 9.87. The fourth-order valence-corrected chi connectivity index (χ4v) is 2.52. The standard InChI is InChI=1S/C11H10O3S/c1-6-3-4-8-7(5-6)9(14-2)10(15-8)11(12)13/h3-5H,1-2H3,(H,12,13). The van der Waals surface area contributed by atoms with Crippen molar-refractivity contribution in [2.75, 3.05) is 7.11 Å². The molecule has 3 nitrogen and oxygen atoms in total. The molecule has 1 aromatic carbocycles. The fraction of sp³-hybridized carbons (Fsp3) is 0.182. The number of fused-ring (bicyclic) bond motifs is 1. The number of aromatic carboxylic acids is 1. The Hall–Kier alpha value is -1.55. The number of rotatable bonds is 2. The number of hydrogen-bond acceptors (Lipinski definition) is 3. The lowest BCUT2D eigenvalue weighted by atomic mass is 10.2. The largest absolute Gasteiger partial charge is 0.494 e. The van der Waals surface area contributed by atoms with Crippen LogP contribution < -0.4 is 4.74 Å². The number of benzene rings is 1. The van der Waals surface area contributed by atoms with E-state index in [2.05, 4.69) is 0 Å². The van der Waals surface area contributed by atoms with E-state index in [4.69, 9.17) is 9.84 Å². The van der Waals surface area contributed by atoms with Crippen LogP contribution in [0.1, 0.15) is 15.2 Å². The topological polar surface area (TPSA) is 46.5 Å². The molecule has 0 aliphatic rings. The number of aryl methyl sites for hydroxylation is 1. The van der Waals surface area contributed by atoms with Crippen LogP contribution in [0.4, 0.5) is 0 Å². The Morgan fingerprint density at radius 2 is 2.20 bits per heavy atom. The molecule has 2 aromatic rings. The molecule has 0 aliphatic heterocycles. The molecule has 0 radical (unpaired) electrons. The van der Waals surface area contributed by atoms with Crippen molar-refractivity contribution in [2.45, 2.75) is 6.92 Å². The molecule has 2 rings (SSSR count). The van der Waals surface area contributed by atoms with Crippen molar-refractivity contribution < 1.29 is 14.6 Å². The van der Waals surface area contributed by atoms with Gasteiger partial charge in [-0.1, -0.05) is 11.6 Å². The van der Waals surface area contributed by atoms with Gasteiger partial charge in [-0.25, -0.2) is 4.79 Å². The molecule has 78 valence electrons. The third-order valence-electron chi connectivity index (χ3n) is 2.20. The van der Waals surface area contributed by atoms with Gasteiger partial charge in [0.05, 0.1) is 7.11 Å². The van der Waals surface area contributed by atoms with Gasteiger partial charge in [0.25, 0.3) is 0 Å². The van der Waals surface area contributed by atoms with E-state index in [9.17, 15) is 4.79 Å². The Morgan fingerprint density at radius 1 is 1.47 bits per heavy atom. The van der Waals surface area contributed by atoms with E-state index in [1.54, 1.807) is 0 Å². The second-order valence-electron chi connectivity index (χ2n) is 3.27. The summed E-state index contributed by atoms with van der Waals surface area (Å²) in [6.07, 6.45) is 0. The quantitative estimate of drug-likeness (QED) is 0.849. The summed E-state index contributed by atoms with van der Waals surface area (Å²) in [5.74, 6) is -0.475. The second kappa shape index (κ2) is 3.55. The number of hydrogen-bond donors (Lipinski definition) is 1. The molecule has 0 atom stereocenters. The molecule has 0 saturated carbocycles. The van der Waals surface area contributed by atoms with Crippen LogP contribution in [0, 0.1) is 6.92 Å². The summed E-state index contributed by atoms with van der Waals surface area (Å²) >= 11 is 1.24. The summed E-state index contributed by atoms with van der Waals surface area (Å²) in [6.45, 7) is 1.97. The number of carboxylic acid groups (broad SMARTS) is 1. The first-order valence-corrected chi connectivity index (χ1v) is 5.25. The lowest BCUT2D eigenvalue weighted by Gasteiger charge is -1.99. The van der Waals surface area contributed by atoms with E-state index >= 15 is 0 Å². The molecule has 15 heavy (non-hydrogen) atoms. The average molecular weight is 222 g/mol. The van der Waals surface area contributed by atoms with Crippen LogP contribution in [0.15, 0.2) is 18.2 Å². The van der Waals surface area contributed by atoms with Gasteiger partial charge in [-0.3, -0.25) is 0 Å². The second-order valence-corrected chi connectivity index (χ2v) is 4.32. The number of ether oxygens (including phenoxy) is 1.